The van der Waals surface area contributed by atoms with E-state index in [4.69, 9.17) is 44.3 Å². The maximum absolute atomic E-state index is 13.0. The van der Waals surface area contributed by atoms with Gasteiger partial charge in [-0.15, -0.1) is 0 Å². The highest BCUT2D eigenvalue weighted by Gasteiger charge is 2.35. The molecular weight excluding hydrogens is 571 g/mol. The Morgan fingerprint density at radius 1 is 0.974 bits per heavy atom. The number of imide groups is 1. The molecule has 196 valence electrons. The molecule has 3 aromatic rings. The Hall–Kier alpha value is -3.17. The second kappa shape index (κ2) is 12.6. The third-order valence-electron chi connectivity index (χ3n) is 5.25. The molecule has 0 aliphatic carbocycles. The Morgan fingerprint density at radius 3 is 2.50 bits per heavy atom. The minimum Gasteiger partial charge on any atom is -0.490 e. The van der Waals surface area contributed by atoms with Crippen molar-refractivity contribution in [2.75, 3.05) is 18.5 Å². The quantitative estimate of drug-likeness (QED) is 0.263. The van der Waals surface area contributed by atoms with Crippen molar-refractivity contribution in [2.24, 2.45) is 0 Å². The van der Waals surface area contributed by atoms with Gasteiger partial charge < -0.3 is 14.8 Å². The van der Waals surface area contributed by atoms with Gasteiger partial charge in [-0.05, 0) is 78.4 Å². The maximum atomic E-state index is 13.0. The van der Waals surface area contributed by atoms with E-state index in [0.29, 0.717) is 50.0 Å². The Morgan fingerprint density at radius 2 is 1.76 bits per heavy atom. The van der Waals surface area contributed by atoms with Crippen molar-refractivity contribution in [2.45, 2.75) is 13.5 Å². The zero-order chi connectivity index (χ0) is 27.2. The molecule has 4 rings (SSSR count). The molecule has 3 aromatic carbocycles. The second-order valence-corrected chi connectivity index (χ2v) is 10.3. The van der Waals surface area contributed by atoms with Crippen LogP contribution in [0, 0.1) is 0 Å². The van der Waals surface area contributed by atoms with Gasteiger partial charge in [0, 0.05) is 20.8 Å². The number of anilines is 1. The Labute approximate surface area is 238 Å². The number of carbonyl (C=O) groups is 3. The average molecular weight is 592 g/mol. The van der Waals surface area contributed by atoms with Crippen molar-refractivity contribution in [1.82, 2.24) is 4.90 Å². The highest BCUT2D eigenvalue weighted by Crippen LogP contribution is 2.36. The first-order chi connectivity index (χ1) is 18.2. The van der Waals surface area contributed by atoms with Gasteiger partial charge in [-0.25, -0.2) is 0 Å². The highest BCUT2D eigenvalue weighted by molar-refractivity contribution is 8.18. The van der Waals surface area contributed by atoms with E-state index in [0.717, 1.165) is 16.7 Å². The van der Waals surface area contributed by atoms with Crippen LogP contribution in [0.15, 0.2) is 65.6 Å². The summed E-state index contributed by atoms with van der Waals surface area (Å²) in [5.74, 6) is -0.0463. The molecule has 3 amide bonds. The first kappa shape index (κ1) is 27.9. The number of hydrogen-bond donors (Lipinski definition) is 1. The normalized spacial score (nSPS) is 14.2. The maximum Gasteiger partial charge on any atom is 0.293 e. The summed E-state index contributed by atoms with van der Waals surface area (Å²) in [5.41, 5.74) is 1.79. The third kappa shape index (κ3) is 7.02. The molecule has 38 heavy (non-hydrogen) atoms. The number of nitrogens with one attached hydrogen (secondary N) is 1. The number of halogens is 3. The van der Waals surface area contributed by atoms with Crippen LogP contribution in [0.3, 0.4) is 0 Å². The van der Waals surface area contributed by atoms with Crippen LogP contribution in [-0.4, -0.2) is 35.2 Å². The summed E-state index contributed by atoms with van der Waals surface area (Å²) >= 11 is 18.9. The fraction of sp³-hybridized carbons (Fsp3) is 0.148. The smallest absolute Gasteiger partial charge is 0.293 e. The summed E-state index contributed by atoms with van der Waals surface area (Å²) in [5, 5.41) is 3.65. The van der Waals surface area contributed by atoms with Crippen LogP contribution in [0.5, 0.6) is 11.5 Å². The third-order valence-corrected chi connectivity index (χ3v) is 6.98. The van der Waals surface area contributed by atoms with E-state index in [1.54, 1.807) is 66.7 Å². The summed E-state index contributed by atoms with van der Waals surface area (Å²) in [6, 6.07) is 16.7. The van der Waals surface area contributed by atoms with Gasteiger partial charge in [0.25, 0.3) is 17.1 Å². The molecule has 0 radical (unpaired) electrons. The lowest BCUT2D eigenvalue weighted by Gasteiger charge is -2.14. The number of nitrogens with zero attached hydrogens (tertiary/aromatic N) is 1. The largest absolute Gasteiger partial charge is 0.490 e. The lowest BCUT2D eigenvalue weighted by molar-refractivity contribution is -0.123. The van der Waals surface area contributed by atoms with Crippen LogP contribution >= 0.6 is 46.6 Å². The van der Waals surface area contributed by atoms with Crippen molar-refractivity contribution < 1.29 is 23.9 Å². The Bertz CT molecular complexity index is 1430. The molecule has 11 heteroatoms. The summed E-state index contributed by atoms with van der Waals surface area (Å²) in [7, 11) is 0. The van der Waals surface area contributed by atoms with Crippen molar-refractivity contribution >= 4 is 75.4 Å². The molecule has 0 atom stereocenters. The number of rotatable bonds is 9. The molecule has 0 unspecified atom stereocenters. The van der Waals surface area contributed by atoms with Crippen LogP contribution in [0.1, 0.15) is 18.1 Å². The van der Waals surface area contributed by atoms with Crippen molar-refractivity contribution in [3.63, 3.8) is 0 Å². The van der Waals surface area contributed by atoms with E-state index < -0.39 is 11.1 Å². The van der Waals surface area contributed by atoms with E-state index in [1.807, 2.05) is 6.92 Å². The average Bonchev–Trinajstić information content (AvgIpc) is 3.12. The van der Waals surface area contributed by atoms with Crippen molar-refractivity contribution in [1.29, 1.82) is 0 Å². The molecule has 0 spiro atoms. The highest BCUT2D eigenvalue weighted by atomic mass is 35.5. The molecule has 1 saturated heterocycles. The molecule has 1 aliphatic rings. The van der Waals surface area contributed by atoms with Gasteiger partial charge in [0.15, 0.2) is 18.1 Å². The topological polar surface area (TPSA) is 84.9 Å². The molecular formula is C27H21Cl3N2O5S. The van der Waals surface area contributed by atoms with Gasteiger partial charge in [0.1, 0.15) is 0 Å². The minimum absolute atomic E-state index is 0.0340. The molecule has 0 saturated carbocycles. The molecule has 0 bridgehead atoms. The van der Waals surface area contributed by atoms with Crippen LogP contribution in [0.2, 0.25) is 15.1 Å². The molecule has 1 aliphatic heterocycles. The Balaban J connectivity index is 1.45. The van der Waals surface area contributed by atoms with Gasteiger partial charge in [-0.1, -0.05) is 53.0 Å². The Kier molecular flexibility index (Phi) is 9.22. The molecule has 1 heterocycles. The number of amides is 3. The van der Waals surface area contributed by atoms with E-state index in [2.05, 4.69) is 5.32 Å². The van der Waals surface area contributed by atoms with Crippen LogP contribution in [-0.2, 0) is 16.1 Å². The zero-order valence-electron chi connectivity index (χ0n) is 20.0. The SMILES string of the molecule is CCOc1cc(/C=C2/SC(=O)N(Cc3ccc(Cl)cc3Cl)C2=O)ccc1OCC(=O)Nc1cccc(Cl)c1. The van der Waals surface area contributed by atoms with E-state index in [-0.39, 0.29) is 24.0 Å². The molecule has 1 fully saturated rings. The van der Waals surface area contributed by atoms with Gasteiger partial charge in [-0.2, -0.15) is 0 Å². The lowest BCUT2D eigenvalue weighted by Crippen LogP contribution is -2.27. The molecule has 7 nitrogen and oxygen atoms in total. The first-order valence-electron chi connectivity index (χ1n) is 11.4. The lowest BCUT2D eigenvalue weighted by atomic mass is 10.1. The zero-order valence-corrected chi connectivity index (χ0v) is 23.1. The summed E-state index contributed by atoms with van der Waals surface area (Å²) in [4.78, 5) is 39.2. The summed E-state index contributed by atoms with van der Waals surface area (Å²) in [6.45, 7) is 1.95. The number of hydrogen-bond acceptors (Lipinski definition) is 6. The molecule has 1 N–H and O–H groups in total. The fourth-order valence-electron chi connectivity index (χ4n) is 3.52. The van der Waals surface area contributed by atoms with E-state index >= 15 is 0 Å². The summed E-state index contributed by atoms with van der Waals surface area (Å²) in [6.07, 6.45) is 1.60. The van der Waals surface area contributed by atoms with Crippen molar-refractivity contribution in [3.8, 4) is 11.5 Å². The predicted molar refractivity (Wildman–Crippen MR) is 151 cm³/mol. The van der Waals surface area contributed by atoms with Crippen LogP contribution < -0.4 is 14.8 Å². The number of thioether (sulfide) groups is 1. The summed E-state index contributed by atoms with van der Waals surface area (Å²) < 4.78 is 11.4. The second-order valence-electron chi connectivity index (χ2n) is 7.99. The van der Waals surface area contributed by atoms with E-state index in [9.17, 15) is 14.4 Å². The van der Waals surface area contributed by atoms with Crippen molar-refractivity contribution in [3.05, 3.63) is 91.8 Å². The van der Waals surface area contributed by atoms with Gasteiger partial charge in [0.05, 0.1) is 18.1 Å². The number of benzene rings is 3. The monoisotopic (exact) mass is 590 g/mol. The van der Waals surface area contributed by atoms with Crippen LogP contribution in [0.4, 0.5) is 10.5 Å². The standard InChI is InChI=1S/C27H21Cl3N2O5S/c1-2-36-23-10-16(6-9-22(23)37-15-25(33)31-20-5-3-4-18(28)12-20)11-24-26(34)32(27(35)38-24)14-17-7-8-19(29)13-21(17)30/h3-13H,2,14-15H2,1H3,(H,31,33)/b24-11+. The minimum atomic E-state index is -0.429. The number of ether oxygens (including phenoxy) is 2. The van der Waals surface area contributed by atoms with Gasteiger partial charge >= 0.3 is 0 Å². The van der Waals surface area contributed by atoms with Gasteiger partial charge in [0.2, 0.25) is 0 Å². The van der Waals surface area contributed by atoms with E-state index in [1.165, 1.54) is 0 Å². The fourth-order valence-corrected chi connectivity index (χ4v) is 5.01. The van der Waals surface area contributed by atoms with Gasteiger partial charge in [-0.3, -0.25) is 19.3 Å². The molecule has 0 aromatic heterocycles. The van der Waals surface area contributed by atoms with Crippen LogP contribution in [0.25, 0.3) is 6.08 Å². The predicted octanol–water partition coefficient (Wildman–Crippen LogP) is 7.30. The first-order valence-corrected chi connectivity index (χ1v) is 13.3. The number of carbonyl (C=O) groups excluding carboxylic acids is 3.